The molecule has 0 aliphatic carbocycles. The molecule has 1 aromatic rings. The molecule has 0 unspecified atom stereocenters. The second kappa shape index (κ2) is 4.75. The fourth-order valence-electron chi connectivity index (χ4n) is 1.02. The molecular formula is C9H6ClIO3. The van der Waals surface area contributed by atoms with Crippen LogP contribution in [0, 0.1) is 3.57 Å². The molecule has 0 saturated heterocycles. The van der Waals surface area contributed by atoms with Crippen molar-refractivity contribution in [2.24, 2.45) is 0 Å². The minimum Gasteiger partial charge on any atom is -0.497 e. The van der Waals surface area contributed by atoms with Crippen LogP contribution in [-0.2, 0) is 0 Å². The highest BCUT2D eigenvalue weighted by atomic mass is 127. The second-order valence-electron chi connectivity index (χ2n) is 2.47. The molecule has 0 N–H and O–H groups in total. The first kappa shape index (κ1) is 11.5. The van der Waals surface area contributed by atoms with Crippen molar-refractivity contribution >= 4 is 45.7 Å². The van der Waals surface area contributed by atoms with Crippen molar-refractivity contribution in [2.45, 2.75) is 0 Å². The Labute approximate surface area is 99.5 Å². The molecule has 0 saturated carbocycles. The highest BCUT2D eigenvalue weighted by Gasteiger charge is 2.14. The average molecular weight is 325 g/mol. The van der Waals surface area contributed by atoms with Crippen LogP contribution in [0.2, 0.25) is 0 Å². The summed E-state index contributed by atoms with van der Waals surface area (Å²) in [6, 6.07) is 3.12. The molecule has 0 aliphatic heterocycles. The Balaban J connectivity index is 3.42. The summed E-state index contributed by atoms with van der Waals surface area (Å²) in [5.74, 6) is 0.526. The summed E-state index contributed by atoms with van der Waals surface area (Å²) in [4.78, 5) is 21.7. The number of benzene rings is 1. The van der Waals surface area contributed by atoms with Gasteiger partial charge in [-0.05, 0) is 46.3 Å². The first-order valence-corrected chi connectivity index (χ1v) is 5.08. The first-order chi connectivity index (χ1) is 6.60. The summed E-state index contributed by atoms with van der Waals surface area (Å²) in [7, 11) is 1.49. The summed E-state index contributed by atoms with van der Waals surface area (Å²) in [5.41, 5.74) is 0.469. The Morgan fingerprint density at radius 1 is 1.57 bits per heavy atom. The van der Waals surface area contributed by atoms with E-state index in [0.717, 1.165) is 0 Å². The van der Waals surface area contributed by atoms with Crippen LogP contribution in [0.25, 0.3) is 0 Å². The van der Waals surface area contributed by atoms with E-state index in [9.17, 15) is 9.59 Å². The summed E-state index contributed by atoms with van der Waals surface area (Å²) in [5, 5.41) is -0.640. The van der Waals surface area contributed by atoms with Gasteiger partial charge in [0, 0.05) is 9.13 Å². The van der Waals surface area contributed by atoms with Crippen LogP contribution < -0.4 is 4.74 Å². The van der Waals surface area contributed by atoms with Crippen molar-refractivity contribution in [3.05, 3.63) is 26.8 Å². The van der Waals surface area contributed by atoms with Crippen molar-refractivity contribution in [3.63, 3.8) is 0 Å². The monoisotopic (exact) mass is 324 g/mol. The highest BCUT2D eigenvalue weighted by molar-refractivity contribution is 14.1. The summed E-state index contributed by atoms with van der Waals surface area (Å²) < 4.78 is 5.56. The summed E-state index contributed by atoms with van der Waals surface area (Å²) in [6.45, 7) is 0. The molecule has 0 fully saturated rings. The lowest BCUT2D eigenvalue weighted by Crippen LogP contribution is -2.01. The fraction of sp³-hybridized carbons (Fsp3) is 0.111. The molecule has 1 rings (SSSR count). The maximum Gasteiger partial charge on any atom is 0.254 e. The first-order valence-electron chi connectivity index (χ1n) is 3.62. The van der Waals surface area contributed by atoms with Crippen molar-refractivity contribution in [1.29, 1.82) is 0 Å². The number of hydrogen-bond acceptors (Lipinski definition) is 3. The topological polar surface area (TPSA) is 43.4 Å². The molecule has 0 aliphatic rings. The Kier molecular flexibility index (Phi) is 3.88. The zero-order valence-electron chi connectivity index (χ0n) is 7.21. The van der Waals surface area contributed by atoms with Gasteiger partial charge in [0.1, 0.15) is 5.75 Å². The number of aldehydes is 1. The summed E-state index contributed by atoms with van der Waals surface area (Å²) in [6.07, 6.45) is 0.584. The maximum absolute atomic E-state index is 11.0. The van der Waals surface area contributed by atoms with Gasteiger partial charge in [-0.3, -0.25) is 9.59 Å². The van der Waals surface area contributed by atoms with Crippen molar-refractivity contribution in [3.8, 4) is 5.75 Å². The molecular weight excluding hydrogens is 318 g/mol. The molecule has 1 aromatic carbocycles. The van der Waals surface area contributed by atoms with Gasteiger partial charge in [-0.15, -0.1) is 0 Å². The SMILES string of the molecule is COc1cc(I)c(C(=O)Cl)c(C=O)c1. The van der Waals surface area contributed by atoms with Gasteiger partial charge in [-0.1, -0.05) is 0 Å². The van der Waals surface area contributed by atoms with Crippen LogP contribution in [0.4, 0.5) is 0 Å². The number of carbonyl (C=O) groups excluding carboxylic acids is 2. The Bertz CT molecular complexity index is 390. The largest absolute Gasteiger partial charge is 0.497 e. The predicted molar refractivity (Wildman–Crippen MR) is 61.3 cm³/mol. The molecule has 0 heterocycles. The van der Waals surface area contributed by atoms with E-state index < -0.39 is 5.24 Å². The minimum absolute atomic E-state index is 0.225. The van der Waals surface area contributed by atoms with Gasteiger partial charge in [0.25, 0.3) is 5.24 Å². The third-order valence-electron chi connectivity index (χ3n) is 1.65. The number of halogens is 2. The lowest BCUT2D eigenvalue weighted by Gasteiger charge is -2.06. The zero-order valence-corrected chi connectivity index (χ0v) is 10.1. The lowest BCUT2D eigenvalue weighted by atomic mass is 10.1. The van der Waals surface area contributed by atoms with Crippen LogP contribution >= 0.6 is 34.2 Å². The van der Waals surface area contributed by atoms with Crippen LogP contribution in [0.5, 0.6) is 5.75 Å². The van der Waals surface area contributed by atoms with Crippen molar-refractivity contribution in [1.82, 2.24) is 0 Å². The van der Waals surface area contributed by atoms with Gasteiger partial charge in [0.05, 0.1) is 12.7 Å². The molecule has 3 nitrogen and oxygen atoms in total. The van der Waals surface area contributed by atoms with Crippen molar-refractivity contribution < 1.29 is 14.3 Å². The third-order valence-corrected chi connectivity index (χ3v) is 2.69. The fourth-order valence-corrected chi connectivity index (χ4v) is 2.25. The third kappa shape index (κ3) is 2.24. The number of ether oxygens (including phenoxy) is 1. The van der Waals surface area contributed by atoms with E-state index in [4.69, 9.17) is 16.3 Å². The number of carbonyl (C=O) groups is 2. The van der Waals surface area contributed by atoms with Gasteiger partial charge >= 0.3 is 0 Å². The molecule has 14 heavy (non-hydrogen) atoms. The standard InChI is InChI=1S/C9H6ClIO3/c1-14-6-2-5(4-12)8(9(10)13)7(11)3-6/h2-4H,1H3. The Hall–Kier alpha value is -0.620. The highest BCUT2D eigenvalue weighted by Crippen LogP contribution is 2.24. The van der Waals surface area contributed by atoms with Gasteiger partial charge in [0.2, 0.25) is 0 Å². The summed E-state index contributed by atoms with van der Waals surface area (Å²) >= 11 is 7.27. The van der Waals surface area contributed by atoms with E-state index in [1.807, 2.05) is 22.6 Å². The quantitative estimate of drug-likeness (QED) is 0.487. The molecule has 0 aromatic heterocycles. The molecule has 0 radical (unpaired) electrons. The predicted octanol–water partition coefficient (Wildman–Crippen LogP) is 2.49. The number of methoxy groups -OCH3 is 1. The normalized spacial score (nSPS) is 9.64. The van der Waals surface area contributed by atoms with E-state index in [1.54, 1.807) is 6.07 Å². The number of rotatable bonds is 3. The van der Waals surface area contributed by atoms with Crippen LogP contribution in [0.3, 0.4) is 0 Å². The second-order valence-corrected chi connectivity index (χ2v) is 3.97. The van der Waals surface area contributed by atoms with Gasteiger partial charge in [-0.25, -0.2) is 0 Å². The molecule has 74 valence electrons. The smallest absolute Gasteiger partial charge is 0.254 e. The molecule has 0 spiro atoms. The lowest BCUT2D eigenvalue weighted by molar-refractivity contribution is 0.106. The Morgan fingerprint density at radius 3 is 2.64 bits per heavy atom. The average Bonchev–Trinajstić information content (AvgIpc) is 2.15. The van der Waals surface area contributed by atoms with E-state index in [-0.39, 0.29) is 11.1 Å². The van der Waals surface area contributed by atoms with E-state index in [1.165, 1.54) is 13.2 Å². The van der Waals surface area contributed by atoms with E-state index in [0.29, 0.717) is 15.6 Å². The zero-order chi connectivity index (χ0) is 10.7. The minimum atomic E-state index is -0.640. The molecule has 0 amide bonds. The Morgan fingerprint density at radius 2 is 2.21 bits per heavy atom. The van der Waals surface area contributed by atoms with Gasteiger partial charge in [-0.2, -0.15) is 0 Å². The number of hydrogen-bond donors (Lipinski definition) is 0. The van der Waals surface area contributed by atoms with Crippen LogP contribution in [0.1, 0.15) is 20.7 Å². The molecule has 0 bridgehead atoms. The van der Waals surface area contributed by atoms with E-state index in [2.05, 4.69) is 0 Å². The van der Waals surface area contributed by atoms with Crippen molar-refractivity contribution in [2.75, 3.05) is 7.11 Å². The van der Waals surface area contributed by atoms with E-state index >= 15 is 0 Å². The van der Waals surface area contributed by atoms with Crippen LogP contribution in [0.15, 0.2) is 12.1 Å². The van der Waals surface area contributed by atoms with Crippen LogP contribution in [-0.4, -0.2) is 18.6 Å². The van der Waals surface area contributed by atoms with Gasteiger partial charge < -0.3 is 4.74 Å². The maximum atomic E-state index is 11.0. The molecule has 0 atom stereocenters. The van der Waals surface area contributed by atoms with Gasteiger partial charge in [0.15, 0.2) is 6.29 Å². The molecule has 5 heteroatoms.